The lowest BCUT2D eigenvalue weighted by molar-refractivity contribution is 0.661. The first-order chi connectivity index (χ1) is 29.0. The molecule has 0 fully saturated rings. The van der Waals surface area contributed by atoms with E-state index in [2.05, 4.69) is 193 Å². The van der Waals surface area contributed by atoms with E-state index in [0.717, 1.165) is 33.8 Å². The average molecular weight is 755 g/mol. The van der Waals surface area contributed by atoms with Crippen LogP contribution in [0.3, 0.4) is 0 Å². The predicted octanol–water partition coefficient (Wildman–Crippen LogP) is 14.0. The third-order valence-electron chi connectivity index (χ3n) is 12.5. The number of hydrogen-bond donors (Lipinski definition) is 0. The monoisotopic (exact) mass is 754 g/mol. The number of nitrogens with zero attached hydrogens (tertiary/aromatic N) is 4. The molecule has 4 nitrogen and oxygen atoms in total. The third kappa shape index (κ3) is 5.09. The Balaban J connectivity index is 1.06. The molecule has 0 spiro atoms. The summed E-state index contributed by atoms with van der Waals surface area (Å²) in [5.41, 5.74) is 17.1. The van der Waals surface area contributed by atoms with Gasteiger partial charge in [-0.2, -0.15) is 0 Å². The van der Waals surface area contributed by atoms with Crippen LogP contribution in [-0.4, -0.2) is 19.1 Å². The molecule has 3 aromatic heterocycles. The summed E-state index contributed by atoms with van der Waals surface area (Å²) in [6.07, 6.45) is 0. The Morgan fingerprint density at radius 1 is 0.356 bits per heavy atom. The van der Waals surface area contributed by atoms with E-state index < -0.39 is 0 Å². The Hall–Kier alpha value is -7.56. The van der Waals surface area contributed by atoms with Crippen LogP contribution in [-0.2, 0) is 5.41 Å². The lowest BCUT2D eigenvalue weighted by atomic mass is 9.82. The minimum atomic E-state index is -0.225. The van der Waals surface area contributed by atoms with Crippen LogP contribution >= 0.6 is 0 Å². The van der Waals surface area contributed by atoms with E-state index in [1.165, 1.54) is 71.6 Å². The smallest absolute Gasteiger partial charge is 0.160 e. The fourth-order valence-corrected chi connectivity index (χ4v) is 9.66. The van der Waals surface area contributed by atoms with Crippen molar-refractivity contribution in [1.82, 2.24) is 19.1 Å². The molecular weight excluding hydrogens is 717 g/mol. The lowest BCUT2D eigenvalue weighted by Crippen LogP contribution is -2.15. The molecule has 0 radical (unpaired) electrons. The van der Waals surface area contributed by atoms with Crippen molar-refractivity contribution in [2.45, 2.75) is 19.3 Å². The van der Waals surface area contributed by atoms with Crippen molar-refractivity contribution >= 4 is 43.6 Å². The first-order valence-corrected chi connectivity index (χ1v) is 20.3. The highest BCUT2D eigenvalue weighted by atomic mass is 15.0. The van der Waals surface area contributed by atoms with Crippen LogP contribution in [0.15, 0.2) is 194 Å². The van der Waals surface area contributed by atoms with Gasteiger partial charge in [-0.05, 0) is 89.0 Å². The van der Waals surface area contributed by atoms with Crippen LogP contribution in [0.5, 0.6) is 0 Å². The van der Waals surface area contributed by atoms with Crippen LogP contribution in [0.4, 0.5) is 0 Å². The molecule has 4 heteroatoms. The van der Waals surface area contributed by atoms with Crippen LogP contribution in [0, 0.1) is 0 Å². The number of hydrogen-bond acceptors (Lipinski definition) is 2. The van der Waals surface area contributed by atoms with Gasteiger partial charge in [0.05, 0.1) is 33.5 Å². The molecule has 0 amide bonds. The predicted molar refractivity (Wildman–Crippen MR) is 245 cm³/mol. The number of rotatable bonds is 5. The summed E-state index contributed by atoms with van der Waals surface area (Å²) < 4.78 is 4.87. The van der Waals surface area contributed by atoms with Gasteiger partial charge < -0.3 is 9.13 Å². The Morgan fingerprint density at radius 3 is 1.41 bits per heavy atom. The molecule has 0 N–H and O–H groups in total. The number of para-hydroxylation sites is 3. The Morgan fingerprint density at radius 2 is 0.814 bits per heavy atom. The van der Waals surface area contributed by atoms with E-state index in [9.17, 15) is 0 Å². The van der Waals surface area contributed by atoms with Crippen molar-refractivity contribution in [2.75, 3.05) is 0 Å². The maximum absolute atomic E-state index is 5.18. The van der Waals surface area contributed by atoms with Gasteiger partial charge in [-0.25, -0.2) is 9.97 Å². The standard InChI is InChI=1S/C55H38N4/c1-55(2)46-32-52-44(40-25-12-14-27-50(40)58(52)38-22-10-5-11-23-38)30-42(46)43-31-45-41-26-13-15-28-51(41)59(53(45)33-47(43)55)39-24-16-21-37(29-39)49-34-48(35-17-6-3-7-18-35)56-54(57-49)36-19-8-4-9-20-36/h3-34H,1-2H3. The van der Waals surface area contributed by atoms with E-state index in [0.29, 0.717) is 5.82 Å². The van der Waals surface area contributed by atoms with Crippen LogP contribution < -0.4 is 0 Å². The summed E-state index contributed by atoms with van der Waals surface area (Å²) in [6, 6.07) is 69.8. The molecule has 0 bridgehead atoms. The van der Waals surface area contributed by atoms with E-state index >= 15 is 0 Å². The summed E-state index contributed by atoms with van der Waals surface area (Å²) in [5.74, 6) is 0.711. The highest BCUT2D eigenvalue weighted by Crippen LogP contribution is 2.53. The van der Waals surface area contributed by atoms with E-state index in [1.807, 2.05) is 24.3 Å². The molecule has 0 saturated heterocycles. The van der Waals surface area contributed by atoms with Gasteiger partial charge in [-0.3, -0.25) is 0 Å². The lowest BCUT2D eigenvalue weighted by Gasteiger charge is -2.22. The fraction of sp³-hybridized carbons (Fsp3) is 0.0545. The zero-order valence-corrected chi connectivity index (χ0v) is 32.8. The van der Waals surface area contributed by atoms with Crippen molar-refractivity contribution in [3.8, 4) is 56.4 Å². The molecule has 11 aromatic rings. The molecule has 3 heterocycles. The molecule has 0 atom stereocenters. The van der Waals surface area contributed by atoms with Gasteiger partial charge in [-0.15, -0.1) is 0 Å². The van der Waals surface area contributed by atoms with Crippen LogP contribution in [0.1, 0.15) is 25.0 Å². The highest BCUT2D eigenvalue weighted by molar-refractivity contribution is 6.14. The maximum Gasteiger partial charge on any atom is 0.160 e. The van der Waals surface area contributed by atoms with Crippen molar-refractivity contribution in [3.05, 3.63) is 205 Å². The Bertz CT molecular complexity index is 3390. The van der Waals surface area contributed by atoms with Gasteiger partial charge >= 0.3 is 0 Å². The van der Waals surface area contributed by atoms with Gasteiger partial charge in [0.15, 0.2) is 5.82 Å². The van der Waals surface area contributed by atoms with Crippen LogP contribution in [0.25, 0.3) is 100 Å². The molecular formula is C55H38N4. The molecule has 12 rings (SSSR count). The topological polar surface area (TPSA) is 35.6 Å². The Labute approximate surface area is 342 Å². The largest absolute Gasteiger partial charge is 0.309 e. The third-order valence-corrected chi connectivity index (χ3v) is 12.5. The highest BCUT2D eigenvalue weighted by Gasteiger charge is 2.37. The summed E-state index contributed by atoms with van der Waals surface area (Å²) in [7, 11) is 0. The minimum absolute atomic E-state index is 0.225. The first kappa shape index (κ1) is 33.6. The molecule has 8 aromatic carbocycles. The van der Waals surface area contributed by atoms with E-state index in [-0.39, 0.29) is 5.41 Å². The van der Waals surface area contributed by atoms with Gasteiger partial charge in [0.2, 0.25) is 0 Å². The number of benzene rings is 8. The normalized spacial score (nSPS) is 13.1. The molecule has 278 valence electrons. The van der Waals surface area contributed by atoms with Crippen molar-refractivity contribution < 1.29 is 0 Å². The summed E-state index contributed by atoms with van der Waals surface area (Å²) in [6.45, 7) is 4.78. The van der Waals surface area contributed by atoms with Crippen molar-refractivity contribution in [2.24, 2.45) is 0 Å². The Kier molecular flexibility index (Phi) is 7.24. The quantitative estimate of drug-likeness (QED) is 0.175. The number of aromatic nitrogens is 4. The zero-order valence-electron chi connectivity index (χ0n) is 32.8. The van der Waals surface area contributed by atoms with Gasteiger partial charge in [0.25, 0.3) is 0 Å². The first-order valence-electron chi connectivity index (χ1n) is 20.3. The second-order valence-corrected chi connectivity index (χ2v) is 16.2. The van der Waals surface area contributed by atoms with Crippen molar-refractivity contribution in [1.29, 1.82) is 0 Å². The van der Waals surface area contributed by atoms with Crippen molar-refractivity contribution in [3.63, 3.8) is 0 Å². The fourth-order valence-electron chi connectivity index (χ4n) is 9.66. The maximum atomic E-state index is 5.18. The van der Waals surface area contributed by atoms with Gasteiger partial charge in [0.1, 0.15) is 0 Å². The zero-order chi connectivity index (χ0) is 39.2. The molecule has 59 heavy (non-hydrogen) atoms. The van der Waals surface area contributed by atoms with Crippen LogP contribution in [0.2, 0.25) is 0 Å². The molecule has 0 saturated carbocycles. The summed E-state index contributed by atoms with van der Waals surface area (Å²) in [4.78, 5) is 10.2. The molecule has 0 aliphatic heterocycles. The average Bonchev–Trinajstić information content (AvgIpc) is 3.88. The summed E-state index contributed by atoms with van der Waals surface area (Å²) >= 11 is 0. The SMILES string of the molecule is CC1(C)c2cc3c(cc2-c2cc4c5ccccc5n(-c5cccc(-c6cc(-c7ccccc7)nc(-c7ccccc7)n6)c5)c4cc21)c1ccccc1n3-c1ccccc1. The second kappa shape index (κ2) is 12.7. The van der Waals surface area contributed by atoms with Gasteiger partial charge in [-0.1, -0.05) is 141 Å². The minimum Gasteiger partial charge on any atom is -0.309 e. The summed E-state index contributed by atoms with van der Waals surface area (Å²) in [5, 5.41) is 5.04. The molecule has 0 unspecified atom stereocenters. The van der Waals surface area contributed by atoms with Gasteiger partial charge in [0, 0.05) is 55.0 Å². The molecule has 1 aliphatic rings. The molecule has 1 aliphatic carbocycles. The number of fused-ring (bicyclic) bond motifs is 9. The second-order valence-electron chi connectivity index (χ2n) is 16.2. The van der Waals surface area contributed by atoms with E-state index in [1.54, 1.807) is 0 Å². The van der Waals surface area contributed by atoms with E-state index in [4.69, 9.17) is 9.97 Å².